The summed E-state index contributed by atoms with van der Waals surface area (Å²) in [6.07, 6.45) is 1.16. The van der Waals surface area contributed by atoms with E-state index in [0.717, 1.165) is 29.6 Å². The van der Waals surface area contributed by atoms with Gasteiger partial charge in [-0.05, 0) is 42.2 Å². The number of rotatable bonds is 8. The van der Waals surface area contributed by atoms with Gasteiger partial charge in [0.2, 0.25) is 0 Å². The quantitative estimate of drug-likeness (QED) is 0.684. The molecule has 1 unspecified atom stereocenters. The van der Waals surface area contributed by atoms with Gasteiger partial charge < -0.3 is 10.1 Å². The van der Waals surface area contributed by atoms with E-state index in [1.807, 2.05) is 6.07 Å². The molecule has 4 heteroatoms. The lowest BCUT2D eigenvalue weighted by Crippen LogP contribution is -2.20. The summed E-state index contributed by atoms with van der Waals surface area (Å²) in [5, 5.41) is 3.35. The van der Waals surface area contributed by atoms with Gasteiger partial charge in [-0.1, -0.05) is 37.6 Å². The highest BCUT2D eigenvalue weighted by Gasteiger charge is 2.02. The Morgan fingerprint density at radius 1 is 1.19 bits per heavy atom. The molecule has 0 fully saturated rings. The number of nitrogens with one attached hydrogen (secondary N) is 1. The molecule has 21 heavy (non-hydrogen) atoms. The van der Waals surface area contributed by atoms with Crippen molar-refractivity contribution in [3.8, 4) is 5.75 Å². The fourth-order valence-electron chi connectivity index (χ4n) is 2.03. The first-order valence-electron chi connectivity index (χ1n) is 7.36. The molecule has 0 aliphatic rings. The molecule has 0 bridgehead atoms. The Labute approximate surface area is 136 Å². The lowest BCUT2D eigenvalue weighted by Gasteiger charge is -2.11. The van der Waals surface area contributed by atoms with Crippen LogP contribution in [0.15, 0.2) is 36.4 Å². The highest BCUT2D eigenvalue weighted by Crippen LogP contribution is 2.22. The number of ether oxygens (including phenoxy) is 1. The van der Waals surface area contributed by atoms with Crippen LogP contribution in [-0.4, -0.2) is 13.2 Å². The van der Waals surface area contributed by atoms with Crippen molar-refractivity contribution in [2.24, 2.45) is 0 Å². The first kappa shape index (κ1) is 16.3. The van der Waals surface area contributed by atoms with Crippen molar-refractivity contribution in [1.82, 2.24) is 5.32 Å². The number of benzene rings is 1. The zero-order valence-electron chi connectivity index (χ0n) is 12.6. The number of halogens is 1. The Hall–Kier alpha value is -1.03. The van der Waals surface area contributed by atoms with Crippen molar-refractivity contribution in [3.05, 3.63) is 51.2 Å². The maximum Gasteiger partial charge on any atom is 0.119 e. The van der Waals surface area contributed by atoms with Crippen LogP contribution in [0.2, 0.25) is 4.34 Å². The maximum absolute atomic E-state index is 5.89. The molecule has 2 nitrogen and oxygen atoms in total. The van der Waals surface area contributed by atoms with Crippen LogP contribution in [0.3, 0.4) is 0 Å². The molecule has 1 N–H and O–H groups in total. The standard InChI is InChI=1S/C17H22ClNOS/c1-3-13(2)14-4-6-15(7-5-14)20-11-10-19-12-16-8-9-17(18)21-16/h4-9,13,19H,3,10-12H2,1-2H3. The van der Waals surface area contributed by atoms with Gasteiger partial charge in [0.05, 0.1) is 4.34 Å². The molecule has 0 spiro atoms. The summed E-state index contributed by atoms with van der Waals surface area (Å²) in [4.78, 5) is 1.25. The Kier molecular flexibility index (Phi) is 6.55. The monoisotopic (exact) mass is 323 g/mol. The number of hydrogen-bond donors (Lipinski definition) is 1. The van der Waals surface area contributed by atoms with Gasteiger partial charge in [-0.25, -0.2) is 0 Å². The topological polar surface area (TPSA) is 21.3 Å². The third-order valence-corrected chi connectivity index (χ3v) is 4.77. The average Bonchev–Trinajstić information content (AvgIpc) is 2.92. The summed E-state index contributed by atoms with van der Waals surface area (Å²) >= 11 is 7.50. The minimum atomic E-state index is 0.610. The molecule has 0 amide bonds. The van der Waals surface area contributed by atoms with Gasteiger partial charge in [-0.15, -0.1) is 11.3 Å². The Morgan fingerprint density at radius 2 is 1.95 bits per heavy atom. The van der Waals surface area contributed by atoms with E-state index in [4.69, 9.17) is 16.3 Å². The molecule has 0 saturated heterocycles. The minimum absolute atomic E-state index is 0.610. The average molecular weight is 324 g/mol. The van der Waals surface area contributed by atoms with Gasteiger partial charge in [-0.2, -0.15) is 0 Å². The normalized spacial score (nSPS) is 12.3. The predicted molar refractivity (Wildman–Crippen MR) is 91.7 cm³/mol. The predicted octanol–water partition coefficient (Wildman–Crippen LogP) is 5.08. The zero-order chi connectivity index (χ0) is 15.1. The van der Waals surface area contributed by atoms with E-state index < -0.39 is 0 Å². The summed E-state index contributed by atoms with van der Waals surface area (Å²) in [6.45, 7) is 6.79. The Balaban J connectivity index is 1.66. The van der Waals surface area contributed by atoms with Gasteiger partial charge >= 0.3 is 0 Å². The molecule has 1 atom stereocenters. The van der Waals surface area contributed by atoms with Crippen molar-refractivity contribution in [1.29, 1.82) is 0 Å². The molecule has 0 aliphatic carbocycles. The minimum Gasteiger partial charge on any atom is -0.492 e. The second-order valence-corrected chi connectivity index (χ2v) is 6.91. The van der Waals surface area contributed by atoms with E-state index in [9.17, 15) is 0 Å². The number of thiophene rings is 1. The summed E-state index contributed by atoms with van der Waals surface area (Å²) in [5.74, 6) is 1.54. The lowest BCUT2D eigenvalue weighted by atomic mass is 9.99. The van der Waals surface area contributed by atoms with Gasteiger partial charge in [0.25, 0.3) is 0 Å². The largest absolute Gasteiger partial charge is 0.492 e. The van der Waals surface area contributed by atoms with Crippen LogP contribution in [-0.2, 0) is 6.54 Å². The van der Waals surface area contributed by atoms with Gasteiger partial charge in [0, 0.05) is 18.0 Å². The first-order valence-corrected chi connectivity index (χ1v) is 8.56. The fraction of sp³-hybridized carbons (Fsp3) is 0.412. The molecule has 1 aromatic heterocycles. The molecule has 2 rings (SSSR count). The van der Waals surface area contributed by atoms with Crippen molar-refractivity contribution < 1.29 is 4.74 Å². The van der Waals surface area contributed by atoms with Crippen molar-refractivity contribution in [3.63, 3.8) is 0 Å². The van der Waals surface area contributed by atoms with E-state index in [1.54, 1.807) is 11.3 Å². The van der Waals surface area contributed by atoms with Crippen LogP contribution in [0.4, 0.5) is 0 Å². The van der Waals surface area contributed by atoms with Crippen molar-refractivity contribution in [2.75, 3.05) is 13.2 Å². The molecule has 0 radical (unpaired) electrons. The van der Waals surface area contributed by atoms with Crippen molar-refractivity contribution in [2.45, 2.75) is 32.7 Å². The Morgan fingerprint density at radius 3 is 2.57 bits per heavy atom. The van der Waals surface area contributed by atoms with Crippen LogP contribution in [0, 0.1) is 0 Å². The van der Waals surface area contributed by atoms with E-state index in [0.29, 0.717) is 12.5 Å². The van der Waals surface area contributed by atoms with Gasteiger partial charge in [0.15, 0.2) is 0 Å². The molecular formula is C17H22ClNOS. The fourth-order valence-corrected chi connectivity index (χ4v) is 3.08. The SMILES string of the molecule is CCC(C)c1ccc(OCCNCc2ccc(Cl)s2)cc1. The summed E-state index contributed by atoms with van der Waals surface area (Å²) in [7, 11) is 0. The van der Waals surface area contributed by atoms with Crippen LogP contribution in [0.25, 0.3) is 0 Å². The molecule has 2 aromatic rings. The smallest absolute Gasteiger partial charge is 0.119 e. The summed E-state index contributed by atoms with van der Waals surface area (Å²) in [6, 6.07) is 12.4. The molecular weight excluding hydrogens is 302 g/mol. The zero-order valence-corrected chi connectivity index (χ0v) is 14.1. The van der Waals surface area contributed by atoms with Crippen LogP contribution in [0.1, 0.15) is 36.6 Å². The van der Waals surface area contributed by atoms with Gasteiger partial charge in [-0.3, -0.25) is 0 Å². The summed E-state index contributed by atoms with van der Waals surface area (Å²) < 4.78 is 6.57. The maximum atomic E-state index is 5.89. The third kappa shape index (κ3) is 5.34. The number of hydrogen-bond acceptors (Lipinski definition) is 3. The lowest BCUT2D eigenvalue weighted by molar-refractivity contribution is 0.313. The van der Waals surface area contributed by atoms with E-state index in [-0.39, 0.29) is 0 Å². The molecule has 0 saturated carbocycles. The molecule has 1 aromatic carbocycles. The second kappa shape index (κ2) is 8.42. The van der Waals surface area contributed by atoms with E-state index >= 15 is 0 Å². The van der Waals surface area contributed by atoms with Crippen molar-refractivity contribution >= 4 is 22.9 Å². The Bertz CT molecular complexity index is 538. The highest BCUT2D eigenvalue weighted by molar-refractivity contribution is 7.16. The van der Waals surface area contributed by atoms with Crippen LogP contribution < -0.4 is 10.1 Å². The first-order chi connectivity index (χ1) is 10.2. The van der Waals surface area contributed by atoms with Gasteiger partial charge in [0.1, 0.15) is 12.4 Å². The molecule has 114 valence electrons. The van der Waals surface area contributed by atoms with Crippen LogP contribution in [0.5, 0.6) is 5.75 Å². The summed E-state index contributed by atoms with van der Waals surface area (Å²) in [5.41, 5.74) is 1.37. The second-order valence-electron chi connectivity index (χ2n) is 5.11. The highest BCUT2D eigenvalue weighted by atomic mass is 35.5. The molecule has 0 aliphatic heterocycles. The third-order valence-electron chi connectivity index (χ3n) is 3.54. The van der Waals surface area contributed by atoms with E-state index in [2.05, 4.69) is 49.5 Å². The van der Waals surface area contributed by atoms with E-state index in [1.165, 1.54) is 10.4 Å². The van der Waals surface area contributed by atoms with Crippen LogP contribution >= 0.6 is 22.9 Å². The molecule has 1 heterocycles.